The molecule has 1 N–H and O–H groups in total. The summed E-state index contributed by atoms with van der Waals surface area (Å²) < 4.78 is 10.3. The van der Waals surface area contributed by atoms with Crippen molar-refractivity contribution in [3.63, 3.8) is 0 Å². The van der Waals surface area contributed by atoms with E-state index in [1.807, 2.05) is 24.3 Å². The molecule has 0 spiro atoms. The number of nitrogens with one attached hydrogen (secondary N) is 1. The molecule has 0 bridgehead atoms. The molecule has 2 aromatic carbocycles. The molecule has 0 saturated heterocycles. The molecule has 7 nitrogen and oxygen atoms in total. The van der Waals surface area contributed by atoms with Gasteiger partial charge in [0.05, 0.1) is 23.8 Å². The van der Waals surface area contributed by atoms with E-state index in [1.165, 1.54) is 12.1 Å². The first-order valence-corrected chi connectivity index (χ1v) is 8.23. The van der Waals surface area contributed by atoms with Crippen molar-refractivity contribution in [1.29, 1.82) is 5.41 Å². The molecule has 0 aromatic heterocycles. The fraction of sp³-hybridized carbons (Fsp3) is 0.316. The van der Waals surface area contributed by atoms with Gasteiger partial charge >= 0.3 is 0 Å². The van der Waals surface area contributed by atoms with Crippen LogP contribution in [-0.2, 0) is 9.47 Å². The van der Waals surface area contributed by atoms with Gasteiger partial charge in [-0.25, -0.2) is 0 Å². The minimum atomic E-state index is -0.448. The summed E-state index contributed by atoms with van der Waals surface area (Å²) in [4.78, 5) is 12.4. The van der Waals surface area contributed by atoms with Crippen LogP contribution in [-0.4, -0.2) is 51.2 Å². The SMILES string of the molecule is COCCN(CCOC)c1ccc(C(=N)c2ccc([N+](=O)[O-])cc2)cc1. The molecule has 2 aromatic rings. The molecule has 0 amide bonds. The Hall–Kier alpha value is -2.77. The summed E-state index contributed by atoms with van der Waals surface area (Å²) in [6, 6.07) is 13.7. The van der Waals surface area contributed by atoms with Gasteiger partial charge < -0.3 is 14.4 Å². The van der Waals surface area contributed by atoms with Crippen LogP contribution in [0.15, 0.2) is 48.5 Å². The molecule has 138 valence electrons. The molecule has 0 aliphatic carbocycles. The number of non-ortho nitro benzene ring substituents is 1. The minimum absolute atomic E-state index is 0.0174. The smallest absolute Gasteiger partial charge is 0.269 e. The molecule has 0 heterocycles. The number of hydrogen-bond donors (Lipinski definition) is 1. The third-order valence-corrected chi connectivity index (χ3v) is 4.02. The second-order valence-corrected chi connectivity index (χ2v) is 5.70. The first-order chi connectivity index (χ1) is 12.6. The Morgan fingerprint density at radius 2 is 1.42 bits per heavy atom. The Bertz CT molecular complexity index is 721. The third-order valence-electron chi connectivity index (χ3n) is 4.02. The number of hydrogen-bond acceptors (Lipinski definition) is 6. The van der Waals surface area contributed by atoms with E-state index in [1.54, 1.807) is 26.4 Å². The van der Waals surface area contributed by atoms with E-state index in [2.05, 4.69) is 4.90 Å². The third kappa shape index (κ3) is 5.11. The summed E-state index contributed by atoms with van der Waals surface area (Å²) in [6.45, 7) is 2.73. The molecule has 7 heteroatoms. The summed E-state index contributed by atoms with van der Waals surface area (Å²) in [7, 11) is 3.34. The van der Waals surface area contributed by atoms with Gasteiger partial charge in [-0.2, -0.15) is 0 Å². The quantitative estimate of drug-likeness (QED) is 0.401. The Balaban J connectivity index is 2.13. The molecule has 0 saturated carbocycles. The Labute approximate surface area is 152 Å². The number of benzene rings is 2. The van der Waals surface area contributed by atoms with Crippen LogP contribution < -0.4 is 4.90 Å². The molecule has 2 rings (SSSR count). The summed E-state index contributed by atoms with van der Waals surface area (Å²) in [6.07, 6.45) is 0. The van der Waals surface area contributed by atoms with Gasteiger partial charge in [-0.05, 0) is 24.3 Å². The predicted molar refractivity (Wildman–Crippen MR) is 101 cm³/mol. The van der Waals surface area contributed by atoms with E-state index in [9.17, 15) is 10.1 Å². The topological polar surface area (TPSA) is 88.7 Å². The lowest BCUT2D eigenvalue weighted by molar-refractivity contribution is -0.384. The first-order valence-electron chi connectivity index (χ1n) is 8.23. The highest BCUT2D eigenvalue weighted by molar-refractivity contribution is 6.11. The van der Waals surface area contributed by atoms with Crippen LogP contribution in [0.2, 0.25) is 0 Å². The molecule has 0 fully saturated rings. The maximum Gasteiger partial charge on any atom is 0.269 e. The first kappa shape index (κ1) is 19.6. The van der Waals surface area contributed by atoms with Crippen LogP contribution in [0.4, 0.5) is 11.4 Å². The van der Waals surface area contributed by atoms with E-state index in [0.717, 1.165) is 24.3 Å². The fourth-order valence-electron chi connectivity index (χ4n) is 2.53. The lowest BCUT2D eigenvalue weighted by atomic mass is 10.0. The molecular weight excluding hydrogens is 334 g/mol. The van der Waals surface area contributed by atoms with E-state index in [0.29, 0.717) is 24.5 Å². The zero-order valence-electron chi connectivity index (χ0n) is 15.0. The number of nitro groups is 1. The highest BCUT2D eigenvalue weighted by atomic mass is 16.6. The van der Waals surface area contributed by atoms with Crippen LogP contribution in [0.1, 0.15) is 11.1 Å². The normalized spacial score (nSPS) is 10.5. The molecular formula is C19H23N3O4. The zero-order valence-corrected chi connectivity index (χ0v) is 15.0. The lowest BCUT2D eigenvalue weighted by Gasteiger charge is -2.24. The van der Waals surface area contributed by atoms with Crippen LogP contribution in [0.3, 0.4) is 0 Å². The number of nitro benzene ring substituents is 1. The van der Waals surface area contributed by atoms with Gasteiger partial charge in [-0.3, -0.25) is 15.5 Å². The minimum Gasteiger partial charge on any atom is -0.383 e. The van der Waals surface area contributed by atoms with Gasteiger partial charge in [0, 0.05) is 56.3 Å². The van der Waals surface area contributed by atoms with Gasteiger partial charge in [-0.15, -0.1) is 0 Å². The number of anilines is 1. The number of ether oxygens (including phenoxy) is 2. The van der Waals surface area contributed by atoms with E-state index in [-0.39, 0.29) is 5.69 Å². The van der Waals surface area contributed by atoms with Gasteiger partial charge in [0.15, 0.2) is 0 Å². The monoisotopic (exact) mass is 357 g/mol. The van der Waals surface area contributed by atoms with Crippen molar-refractivity contribution >= 4 is 17.1 Å². The maximum atomic E-state index is 10.7. The van der Waals surface area contributed by atoms with Crippen molar-refractivity contribution < 1.29 is 14.4 Å². The Morgan fingerprint density at radius 1 is 0.962 bits per heavy atom. The zero-order chi connectivity index (χ0) is 18.9. The summed E-state index contributed by atoms with van der Waals surface area (Å²) in [5.74, 6) is 0. The van der Waals surface area contributed by atoms with Crippen LogP contribution in [0, 0.1) is 15.5 Å². The molecule has 0 radical (unpaired) electrons. The van der Waals surface area contributed by atoms with E-state index < -0.39 is 4.92 Å². The van der Waals surface area contributed by atoms with Gasteiger partial charge in [0.1, 0.15) is 0 Å². The van der Waals surface area contributed by atoms with Crippen LogP contribution >= 0.6 is 0 Å². The standard InChI is InChI=1S/C19H23N3O4/c1-25-13-11-21(12-14-26-2)17-7-3-15(4-8-17)19(20)16-5-9-18(10-6-16)22(23)24/h3-10,20H,11-14H2,1-2H3. The lowest BCUT2D eigenvalue weighted by Crippen LogP contribution is -2.30. The fourth-order valence-corrected chi connectivity index (χ4v) is 2.53. The average molecular weight is 357 g/mol. The van der Waals surface area contributed by atoms with Crippen molar-refractivity contribution in [2.45, 2.75) is 0 Å². The van der Waals surface area contributed by atoms with Crippen molar-refractivity contribution in [1.82, 2.24) is 0 Å². The molecule has 0 aliphatic rings. The van der Waals surface area contributed by atoms with Crippen LogP contribution in [0.25, 0.3) is 0 Å². The summed E-state index contributed by atoms with van der Waals surface area (Å²) in [5, 5.41) is 19.1. The highest BCUT2D eigenvalue weighted by Crippen LogP contribution is 2.19. The van der Waals surface area contributed by atoms with Crippen LogP contribution in [0.5, 0.6) is 0 Å². The van der Waals surface area contributed by atoms with E-state index in [4.69, 9.17) is 14.9 Å². The molecule has 0 unspecified atom stereocenters. The van der Waals surface area contributed by atoms with Crippen molar-refractivity contribution in [3.05, 3.63) is 69.8 Å². The van der Waals surface area contributed by atoms with Gasteiger partial charge in [-0.1, -0.05) is 12.1 Å². The molecule has 0 aliphatic heterocycles. The van der Waals surface area contributed by atoms with Crippen molar-refractivity contribution in [3.8, 4) is 0 Å². The van der Waals surface area contributed by atoms with Gasteiger partial charge in [0.25, 0.3) is 5.69 Å². The van der Waals surface area contributed by atoms with Crippen molar-refractivity contribution in [2.75, 3.05) is 45.4 Å². The molecule has 0 atom stereocenters. The second-order valence-electron chi connectivity index (χ2n) is 5.70. The largest absolute Gasteiger partial charge is 0.383 e. The summed E-state index contributed by atoms with van der Waals surface area (Å²) >= 11 is 0. The Morgan fingerprint density at radius 3 is 1.85 bits per heavy atom. The predicted octanol–water partition coefficient (Wildman–Crippen LogP) is 3.11. The Kier molecular flexibility index (Phi) is 7.25. The second kappa shape index (κ2) is 9.65. The molecule has 26 heavy (non-hydrogen) atoms. The number of rotatable bonds is 10. The number of nitrogens with zero attached hydrogens (tertiary/aromatic N) is 2. The number of methoxy groups -OCH3 is 2. The van der Waals surface area contributed by atoms with E-state index >= 15 is 0 Å². The highest BCUT2D eigenvalue weighted by Gasteiger charge is 2.10. The maximum absolute atomic E-state index is 10.7. The summed E-state index contributed by atoms with van der Waals surface area (Å²) in [5.41, 5.74) is 2.76. The van der Waals surface area contributed by atoms with Gasteiger partial charge in [0.2, 0.25) is 0 Å². The van der Waals surface area contributed by atoms with Crippen molar-refractivity contribution in [2.24, 2.45) is 0 Å². The average Bonchev–Trinajstić information content (AvgIpc) is 2.68.